The number of halogens is 1. The number of carbonyl (C=O) groups excluding carboxylic acids is 2. The van der Waals surface area contributed by atoms with Gasteiger partial charge in [-0.2, -0.15) is 0 Å². The quantitative estimate of drug-likeness (QED) is 0.411. The van der Waals surface area contributed by atoms with Crippen molar-refractivity contribution in [2.24, 2.45) is 0 Å². The molecule has 0 bridgehead atoms. The third-order valence-corrected chi connectivity index (χ3v) is 4.93. The molecule has 30 heavy (non-hydrogen) atoms. The first-order valence-electron chi connectivity index (χ1n) is 9.25. The van der Waals surface area contributed by atoms with Crippen LogP contribution in [0.1, 0.15) is 35.3 Å². The lowest BCUT2D eigenvalue weighted by atomic mass is 10.0. The highest BCUT2D eigenvalue weighted by Crippen LogP contribution is 2.23. The topological polar surface area (TPSA) is 94.8 Å². The molecule has 0 aliphatic rings. The predicted octanol–water partition coefficient (Wildman–Crippen LogP) is 3.99. The SMILES string of the molecule is CCOC(=O)C[C@@H](NC(=O)c1cc2cc(Br)ccc2oc1=O)c1ccc(OC)cc1. The highest BCUT2D eigenvalue weighted by atomic mass is 79.9. The monoisotopic (exact) mass is 473 g/mol. The van der Waals surface area contributed by atoms with Gasteiger partial charge < -0.3 is 19.2 Å². The molecule has 0 saturated carbocycles. The number of amides is 1. The number of fused-ring (bicyclic) bond motifs is 1. The summed E-state index contributed by atoms with van der Waals surface area (Å²) in [7, 11) is 1.55. The van der Waals surface area contributed by atoms with Crippen molar-refractivity contribution in [3.63, 3.8) is 0 Å². The lowest BCUT2D eigenvalue weighted by molar-refractivity contribution is -0.143. The van der Waals surface area contributed by atoms with Gasteiger partial charge in [0.1, 0.15) is 16.9 Å². The molecule has 1 aromatic heterocycles. The molecule has 1 N–H and O–H groups in total. The molecule has 0 saturated heterocycles. The van der Waals surface area contributed by atoms with E-state index in [2.05, 4.69) is 21.2 Å². The van der Waals surface area contributed by atoms with Gasteiger partial charge in [-0.15, -0.1) is 0 Å². The third kappa shape index (κ3) is 5.07. The summed E-state index contributed by atoms with van der Waals surface area (Å²) in [6, 6.07) is 12.8. The van der Waals surface area contributed by atoms with Gasteiger partial charge in [0.15, 0.2) is 0 Å². The van der Waals surface area contributed by atoms with Gasteiger partial charge in [0.25, 0.3) is 5.91 Å². The zero-order chi connectivity index (χ0) is 21.7. The van der Waals surface area contributed by atoms with Crippen LogP contribution in [-0.4, -0.2) is 25.6 Å². The van der Waals surface area contributed by atoms with Crippen molar-refractivity contribution in [1.29, 1.82) is 0 Å². The number of rotatable bonds is 7. The molecule has 0 unspecified atom stereocenters. The van der Waals surface area contributed by atoms with Gasteiger partial charge in [0.2, 0.25) is 0 Å². The van der Waals surface area contributed by atoms with E-state index in [1.54, 1.807) is 56.5 Å². The van der Waals surface area contributed by atoms with Crippen LogP contribution in [0, 0.1) is 0 Å². The predicted molar refractivity (Wildman–Crippen MR) is 115 cm³/mol. The van der Waals surface area contributed by atoms with Crippen LogP contribution in [-0.2, 0) is 9.53 Å². The van der Waals surface area contributed by atoms with Crippen LogP contribution in [0.3, 0.4) is 0 Å². The molecule has 7 nitrogen and oxygen atoms in total. The fraction of sp³-hybridized carbons (Fsp3) is 0.227. The van der Waals surface area contributed by atoms with E-state index >= 15 is 0 Å². The number of benzene rings is 2. The zero-order valence-electron chi connectivity index (χ0n) is 16.4. The van der Waals surface area contributed by atoms with E-state index < -0.39 is 23.5 Å². The molecule has 0 spiro atoms. The molecule has 3 rings (SSSR count). The summed E-state index contributed by atoms with van der Waals surface area (Å²) in [5, 5.41) is 3.34. The van der Waals surface area contributed by atoms with E-state index in [9.17, 15) is 14.4 Å². The highest BCUT2D eigenvalue weighted by molar-refractivity contribution is 9.10. The van der Waals surface area contributed by atoms with Gasteiger partial charge in [-0.25, -0.2) is 4.79 Å². The Morgan fingerprint density at radius 3 is 2.53 bits per heavy atom. The number of nitrogens with one attached hydrogen (secondary N) is 1. The normalized spacial score (nSPS) is 11.7. The lowest BCUT2D eigenvalue weighted by Crippen LogP contribution is -2.33. The van der Waals surface area contributed by atoms with Crippen LogP contribution in [0.15, 0.2) is 62.2 Å². The maximum absolute atomic E-state index is 12.9. The number of ether oxygens (including phenoxy) is 2. The molecular formula is C22H20BrNO6. The van der Waals surface area contributed by atoms with Crippen LogP contribution >= 0.6 is 15.9 Å². The lowest BCUT2D eigenvalue weighted by Gasteiger charge is -2.19. The number of esters is 1. The first-order chi connectivity index (χ1) is 14.4. The minimum atomic E-state index is -0.757. The van der Waals surface area contributed by atoms with Gasteiger partial charge in [-0.1, -0.05) is 28.1 Å². The van der Waals surface area contributed by atoms with E-state index in [-0.39, 0.29) is 18.6 Å². The number of carbonyl (C=O) groups is 2. The minimum absolute atomic E-state index is 0.0869. The van der Waals surface area contributed by atoms with Gasteiger partial charge in [0.05, 0.1) is 26.2 Å². The van der Waals surface area contributed by atoms with Gasteiger partial charge in [-0.3, -0.25) is 9.59 Å². The summed E-state index contributed by atoms with van der Waals surface area (Å²) < 4.78 is 16.2. The van der Waals surface area contributed by atoms with Crippen molar-refractivity contribution in [2.45, 2.75) is 19.4 Å². The standard InChI is InChI=1S/C22H20BrNO6/c1-3-29-20(25)12-18(13-4-7-16(28-2)8-5-13)24-21(26)17-11-14-10-15(23)6-9-19(14)30-22(17)27/h4-11,18H,3,12H2,1-2H3,(H,24,26)/t18-/m1/s1. The van der Waals surface area contributed by atoms with Crippen molar-refractivity contribution < 1.29 is 23.5 Å². The van der Waals surface area contributed by atoms with Crippen LogP contribution in [0.5, 0.6) is 5.75 Å². The highest BCUT2D eigenvalue weighted by Gasteiger charge is 2.22. The number of hydrogen-bond donors (Lipinski definition) is 1. The van der Waals surface area contributed by atoms with E-state index in [1.165, 1.54) is 6.07 Å². The smallest absolute Gasteiger partial charge is 0.349 e. The Kier molecular flexibility index (Phi) is 6.89. The molecule has 0 aliphatic carbocycles. The number of methoxy groups -OCH3 is 1. The fourth-order valence-corrected chi connectivity index (χ4v) is 3.34. The molecule has 3 aromatic rings. The Morgan fingerprint density at radius 2 is 1.87 bits per heavy atom. The second kappa shape index (κ2) is 9.58. The molecule has 8 heteroatoms. The molecule has 0 radical (unpaired) electrons. The van der Waals surface area contributed by atoms with Crippen molar-refractivity contribution in [1.82, 2.24) is 5.32 Å². The summed E-state index contributed by atoms with van der Waals surface area (Å²) in [6.45, 7) is 1.93. The molecule has 1 amide bonds. The summed E-state index contributed by atoms with van der Waals surface area (Å²) in [4.78, 5) is 37.3. The summed E-state index contributed by atoms with van der Waals surface area (Å²) >= 11 is 3.35. The Hall–Kier alpha value is -3.13. The fourth-order valence-electron chi connectivity index (χ4n) is 2.96. The second-order valence-electron chi connectivity index (χ2n) is 6.44. The average Bonchev–Trinajstić information content (AvgIpc) is 2.73. The Bertz CT molecular complexity index is 1120. The summed E-state index contributed by atoms with van der Waals surface area (Å²) in [5.74, 6) is -0.468. The molecular weight excluding hydrogens is 454 g/mol. The molecule has 156 valence electrons. The minimum Gasteiger partial charge on any atom is -0.497 e. The number of hydrogen-bond acceptors (Lipinski definition) is 6. The van der Waals surface area contributed by atoms with E-state index in [4.69, 9.17) is 13.9 Å². The van der Waals surface area contributed by atoms with Crippen molar-refractivity contribution in [2.75, 3.05) is 13.7 Å². The van der Waals surface area contributed by atoms with E-state index in [0.717, 1.165) is 4.47 Å². The van der Waals surface area contributed by atoms with Crippen molar-refractivity contribution in [3.8, 4) is 5.75 Å². The molecule has 0 aliphatic heterocycles. The Morgan fingerprint density at radius 1 is 1.13 bits per heavy atom. The van der Waals surface area contributed by atoms with Gasteiger partial charge in [0, 0.05) is 9.86 Å². The second-order valence-corrected chi connectivity index (χ2v) is 7.35. The Balaban J connectivity index is 1.91. The first kappa shape index (κ1) is 21.6. The van der Waals surface area contributed by atoms with E-state index in [0.29, 0.717) is 22.3 Å². The summed E-state index contributed by atoms with van der Waals surface area (Å²) in [5.41, 5.74) is 0.137. The summed E-state index contributed by atoms with van der Waals surface area (Å²) in [6.07, 6.45) is -0.0869. The maximum Gasteiger partial charge on any atom is 0.349 e. The average molecular weight is 474 g/mol. The van der Waals surface area contributed by atoms with Crippen molar-refractivity contribution in [3.05, 3.63) is 74.6 Å². The van der Waals surface area contributed by atoms with Crippen LogP contribution in [0.2, 0.25) is 0 Å². The first-order valence-corrected chi connectivity index (χ1v) is 10.0. The third-order valence-electron chi connectivity index (χ3n) is 4.44. The van der Waals surface area contributed by atoms with Crippen LogP contribution in [0.4, 0.5) is 0 Å². The van der Waals surface area contributed by atoms with Crippen LogP contribution in [0.25, 0.3) is 11.0 Å². The van der Waals surface area contributed by atoms with Crippen LogP contribution < -0.4 is 15.7 Å². The van der Waals surface area contributed by atoms with Gasteiger partial charge >= 0.3 is 11.6 Å². The zero-order valence-corrected chi connectivity index (χ0v) is 18.0. The molecule has 1 atom stereocenters. The molecule has 2 aromatic carbocycles. The largest absolute Gasteiger partial charge is 0.497 e. The molecule has 1 heterocycles. The molecule has 0 fully saturated rings. The van der Waals surface area contributed by atoms with Crippen molar-refractivity contribution >= 4 is 38.8 Å². The Labute approximate surface area is 181 Å². The van der Waals surface area contributed by atoms with E-state index in [1.807, 2.05) is 0 Å². The maximum atomic E-state index is 12.9. The van der Waals surface area contributed by atoms with Gasteiger partial charge in [-0.05, 0) is 48.9 Å².